The van der Waals surface area contributed by atoms with Crippen LogP contribution in [0.5, 0.6) is 11.5 Å². The molecule has 2 rings (SSSR count). The summed E-state index contributed by atoms with van der Waals surface area (Å²) < 4.78 is 11.0. The number of rotatable bonds is 6. The van der Waals surface area contributed by atoms with E-state index >= 15 is 0 Å². The van der Waals surface area contributed by atoms with Crippen LogP contribution in [0.1, 0.15) is 46.5 Å². The molecule has 0 aliphatic heterocycles. The fourth-order valence-corrected chi connectivity index (χ4v) is 3.38. The lowest BCUT2D eigenvalue weighted by Gasteiger charge is -2.35. The highest BCUT2D eigenvalue weighted by Gasteiger charge is 2.27. The highest BCUT2D eigenvalue weighted by atomic mass is 16.5. The Morgan fingerprint density at radius 3 is 2.62 bits per heavy atom. The van der Waals surface area contributed by atoms with Crippen molar-refractivity contribution in [1.82, 2.24) is 0 Å². The summed E-state index contributed by atoms with van der Waals surface area (Å²) in [5, 5.41) is 3.72. The third kappa shape index (κ3) is 4.05. The van der Waals surface area contributed by atoms with Gasteiger partial charge in [-0.15, -0.1) is 0 Å². The van der Waals surface area contributed by atoms with Crippen LogP contribution < -0.4 is 14.8 Å². The van der Waals surface area contributed by atoms with Gasteiger partial charge in [-0.2, -0.15) is 0 Å². The average Bonchev–Trinajstić information content (AvgIpc) is 2.49. The second-order valence-corrected chi connectivity index (χ2v) is 6.24. The molecule has 2 atom stereocenters. The Morgan fingerprint density at radius 1 is 1.19 bits per heavy atom. The van der Waals surface area contributed by atoms with Crippen molar-refractivity contribution in [2.75, 3.05) is 19.0 Å². The van der Waals surface area contributed by atoms with Crippen molar-refractivity contribution < 1.29 is 9.47 Å². The predicted octanol–water partition coefficient (Wildman–Crippen LogP) is 4.72. The minimum atomic E-state index is 0.571. The fourth-order valence-electron chi connectivity index (χ4n) is 3.38. The van der Waals surface area contributed by atoms with Crippen molar-refractivity contribution in [1.29, 1.82) is 0 Å². The number of anilines is 1. The Morgan fingerprint density at radius 2 is 1.95 bits per heavy atom. The number of benzene rings is 1. The van der Waals surface area contributed by atoms with Crippen molar-refractivity contribution >= 4 is 5.69 Å². The molecule has 1 aliphatic carbocycles. The first-order valence-electron chi connectivity index (χ1n) is 8.23. The van der Waals surface area contributed by atoms with Crippen LogP contribution in [0.3, 0.4) is 0 Å². The van der Waals surface area contributed by atoms with Crippen LogP contribution in [0.4, 0.5) is 5.69 Å². The summed E-state index contributed by atoms with van der Waals surface area (Å²) in [6.07, 6.45) is 5.30. The minimum Gasteiger partial charge on any atom is -0.493 e. The van der Waals surface area contributed by atoms with E-state index in [1.54, 1.807) is 7.11 Å². The summed E-state index contributed by atoms with van der Waals surface area (Å²) in [6.45, 7) is 7.31. The molecule has 0 aromatic heterocycles. The Kier molecular flexibility index (Phi) is 5.77. The molecule has 0 amide bonds. The third-order valence-corrected chi connectivity index (χ3v) is 4.49. The van der Waals surface area contributed by atoms with Crippen molar-refractivity contribution in [3.05, 3.63) is 18.2 Å². The zero-order valence-electron chi connectivity index (χ0n) is 13.8. The highest BCUT2D eigenvalue weighted by Crippen LogP contribution is 2.35. The topological polar surface area (TPSA) is 30.5 Å². The largest absolute Gasteiger partial charge is 0.493 e. The summed E-state index contributed by atoms with van der Waals surface area (Å²) in [6, 6.07) is 6.72. The van der Waals surface area contributed by atoms with Crippen LogP contribution in [-0.4, -0.2) is 19.8 Å². The van der Waals surface area contributed by atoms with E-state index in [1.807, 2.05) is 13.0 Å². The molecule has 0 radical (unpaired) electrons. The molecule has 1 N–H and O–H groups in total. The molecule has 1 aromatic rings. The normalized spacial score (nSPS) is 22.1. The standard InChI is InChI=1S/C18H29NO2/c1-5-21-17-11-10-14(12-18(17)20-4)19-16-9-7-6-8-15(16)13(2)3/h10-13,15-16,19H,5-9H2,1-4H3. The molecule has 1 saturated carbocycles. The summed E-state index contributed by atoms with van der Waals surface area (Å²) >= 11 is 0. The van der Waals surface area contributed by atoms with Gasteiger partial charge in [-0.1, -0.05) is 26.7 Å². The van der Waals surface area contributed by atoms with Gasteiger partial charge in [0.25, 0.3) is 0 Å². The molecule has 1 fully saturated rings. The van der Waals surface area contributed by atoms with Gasteiger partial charge in [0.2, 0.25) is 0 Å². The molecule has 2 unspecified atom stereocenters. The van der Waals surface area contributed by atoms with Crippen LogP contribution in [-0.2, 0) is 0 Å². The lowest BCUT2D eigenvalue weighted by molar-refractivity contribution is 0.253. The van der Waals surface area contributed by atoms with Crippen molar-refractivity contribution in [3.63, 3.8) is 0 Å². The molecule has 3 heteroatoms. The molecule has 0 heterocycles. The zero-order chi connectivity index (χ0) is 15.2. The van der Waals surface area contributed by atoms with Crippen molar-refractivity contribution in [2.24, 2.45) is 11.8 Å². The van der Waals surface area contributed by atoms with Gasteiger partial charge >= 0.3 is 0 Å². The van der Waals surface area contributed by atoms with Crippen LogP contribution in [0, 0.1) is 11.8 Å². The number of hydrogen-bond acceptors (Lipinski definition) is 3. The maximum absolute atomic E-state index is 5.58. The van der Waals surface area contributed by atoms with Gasteiger partial charge in [0.1, 0.15) is 0 Å². The second-order valence-electron chi connectivity index (χ2n) is 6.24. The summed E-state index contributed by atoms with van der Waals surface area (Å²) in [7, 11) is 1.69. The van der Waals surface area contributed by atoms with Crippen LogP contribution in [0.25, 0.3) is 0 Å². The monoisotopic (exact) mass is 291 g/mol. The van der Waals surface area contributed by atoms with Gasteiger partial charge in [-0.25, -0.2) is 0 Å². The van der Waals surface area contributed by atoms with Gasteiger partial charge in [0.15, 0.2) is 11.5 Å². The quantitative estimate of drug-likeness (QED) is 0.822. The van der Waals surface area contributed by atoms with Gasteiger partial charge in [-0.05, 0) is 43.7 Å². The first kappa shape index (κ1) is 16.0. The number of methoxy groups -OCH3 is 1. The Balaban J connectivity index is 2.10. The number of ether oxygens (including phenoxy) is 2. The smallest absolute Gasteiger partial charge is 0.162 e. The van der Waals surface area contributed by atoms with E-state index < -0.39 is 0 Å². The third-order valence-electron chi connectivity index (χ3n) is 4.49. The minimum absolute atomic E-state index is 0.571. The molecular weight excluding hydrogens is 262 g/mol. The SMILES string of the molecule is CCOc1ccc(NC2CCCCC2C(C)C)cc1OC. The first-order valence-corrected chi connectivity index (χ1v) is 8.23. The van der Waals surface area contributed by atoms with E-state index in [0.717, 1.165) is 29.0 Å². The lowest BCUT2D eigenvalue weighted by Crippen LogP contribution is -2.35. The van der Waals surface area contributed by atoms with E-state index in [-0.39, 0.29) is 0 Å². The highest BCUT2D eigenvalue weighted by molar-refractivity contribution is 5.55. The van der Waals surface area contributed by atoms with E-state index in [1.165, 1.54) is 25.7 Å². The average molecular weight is 291 g/mol. The van der Waals surface area contributed by atoms with Gasteiger partial charge in [0, 0.05) is 17.8 Å². The molecule has 118 valence electrons. The lowest BCUT2D eigenvalue weighted by atomic mass is 9.78. The molecule has 0 spiro atoms. The van der Waals surface area contributed by atoms with E-state index in [0.29, 0.717) is 12.6 Å². The zero-order valence-corrected chi connectivity index (χ0v) is 13.8. The van der Waals surface area contributed by atoms with E-state index in [4.69, 9.17) is 9.47 Å². The number of hydrogen-bond donors (Lipinski definition) is 1. The number of nitrogens with one attached hydrogen (secondary N) is 1. The summed E-state index contributed by atoms with van der Waals surface area (Å²) in [5.41, 5.74) is 1.13. The molecule has 3 nitrogen and oxygen atoms in total. The molecule has 1 aromatic carbocycles. The first-order chi connectivity index (χ1) is 10.2. The molecule has 21 heavy (non-hydrogen) atoms. The predicted molar refractivity (Wildman–Crippen MR) is 88.4 cm³/mol. The molecule has 0 saturated heterocycles. The van der Waals surface area contributed by atoms with Crippen molar-refractivity contribution in [2.45, 2.75) is 52.5 Å². The Bertz CT molecular complexity index is 445. The van der Waals surface area contributed by atoms with Crippen LogP contribution in [0.2, 0.25) is 0 Å². The van der Waals surface area contributed by atoms with Crippen LogP contribution in [0.15, 0.2) is 18.2 Å². The summed E-state index contributed by atoms with van der Waals surface area (Å²) in [4.78, 5) is 0. The molecule has 0 bridgehead atoms. The Hall–Kier alpha value is -1.38. The second kappa shape index (κ2) is 7.58. The Labute approximate surface area is 129 Å². The van der Waals surface area contributed by atoms with Gasteiger partial charge in [0.05, 0.1) is 13.7 Å². The molecular formula is C18H29NO2. The maximum Gasteiger partial charge on any atom is 0.162 e. The van der Waals surface area contributed by atoms with Crippen LogP contribution >= 0.6 is 0 Å². The maximum atomic E-state index is 5.58. The summed E-state index contributed by atoms with van der Waals surface area (Å²) in [5.74, 6) is 3.11. The van der Waals surface area contributed by atoms with E-state index in [9.17, 15) is 0 Å². The van der Waals surface area contributed by atoms with Crippen molar-refractivity contribution in [3.8, 4) is 11.5 Å². The van der Waals surface area contributed by atoms with E-state index in [2.05, 4.69) is 31.3 Å². The van der Waals surface area contributed by atoms with Gasteiger partial charge < -0.3 is 14.8 Å². The molecule has 1 aliphatic rings. The fraction of sp³-hybridized carbons (Fsp3) is 0.667. The van der Waals surface area contributed by atoms with Gasteiger partial charge in [-0.3, -0.25) is 0 Å².